The van der Waals surface area contributed by atoms with E-state index in [9.17, 15) is 23.3 Å². The van der Waals surface area contributed by atoms with Crippen LogP contribution in [0.5, 0.6) is 5.75 Å². The maximum Gasteiger partial charge on any atom is 0.273 e. The van der Waals surface area contributed by atoms with E-state index in [-0.39, 0.29) is 25.5 Å². The molecule has 248 valence electrons. The van der Waals surface area contributed by atoms with Gasteiger partial charge in [0.05, 0.1) is 15.1 Å². The van der Waals surface area contributed by atoms with Gasteiger partial charge in [0.2, 0.25) is 10.0 Å². The minimum atomic E-state index is -3.79. The monoisotopic (exact) mass is 694 g/mol. The molecule has 1 N–H and O–H groups in total. The molecule has 49 heavy (non-hydrogen) atoms. The molecule has 0 bridgehead atoms. The normalized spacial score (nSPS) is 14.6. The Morgan fingerprint density at radius 3 is 2.43 bits per heavy atom. The maximum atomic E-state index is 15.1. The number of piperidine rings is 1. The molecule has 0 atom stereocenters. The highest BCUT2D eigenvalue weighted by Crippen LogP contribution is 2.23. The summed E-state index contributed by atoms with van der Waals surface area (Å²) in [7, 11) is -3.79. The first-order chi connectivity index (χ1) is 23.7. The average molecular weight is 695 g/mol. The molecular formula is C37H31FN4O5S2. The molecule has 1 aliphatic rings. The van der Waals surface area contributed by atoms with Crippen molar-refractivity contribution < 1.29 is 22.3 Å². The van der Waals surface area contributed by atoms with Crippen LogP contribution in [-0.2, 0) is 21.4 Å². The van der Waals surface area contributed by atoms with Gasteiger partial charge in [-0.1, -0.05) is 67.1 Å². The summed E-state index contributed by atoms with van der Waals surface area (Å²) in [5.41, 5.74) is 0.538. The molecule has 1 aliphatic heterocycles. The summed E-state index contributed by atoms with van der Waals surface area (Å²) in [4.78, 5) is 27.5. The van der Waals surface area contributed by atoms with Crippen LogP contribution < -0.4 is 24.8 Å². The molecule has 9 nitrogen and oxygen atoms in total. The number of carbonyl (C=O) groups is 1. The Kier molecular flexibility index (Phi) is 10.1. The van der Waals surface area contributed by atoms with Crippen LogP contribution in [0.4, 0.5) is 10.1 Å². The number of aromatic nitrogens is 1. The van der Waals surface area contributed by atoms with E-state index in [4.69, 9.17) is 4.74 Å². The third-order valence-corrected chi connectivity index (χ3v) is 10.9. The Morgan fingerprint density at radius 1 is 0.939 bits per heavy atom. The van der Waals surface area contributed by atoms with Crippen molar-refractivity contribution in [3.63, 3.8) is 0 Å². The number of para-hydroxylation sites is 1. The van der Waals surface area contributed by atoms with E-state index in [1.807, 2.05) is 36.4 Å². The number of ether oxygens (including phenoxy) is 1. The van der Waals surface area contributed by atoms with E-state index in [2.05, 4.69) is 5.32 Å². The molecule has 1 saturated heterocycles. The fourth-order valence-electron chi connectivity index (χ4n) is 5.47. The molecule has 0 saturated carbocycles. The smallest absolute Gasteiger partial charge is 0.273 e. The summed E-state index contributed by atoms with van der Waals surface area (Å²) in [6.07, 6.45) is 4.09. The Bertz CT molecular complexity index is 2340. The second kappa shape index (κ2) is 14.8. The first-order valence-electron chi connectivity index (χ1n) is 15.6. The predicted molar refractivity (Wildman–Crippen MR) is 187 cm³/mol. The number of thiazole rings is 1. The topological polar surface area (TPSA) is 122 Å². The quantitative estimate of drug-likeness (QED) is 0.234. The van der Waals surface area contributed by atoms with E-state index >= 15 is 4.39 Å². The highest BCUT2D eigenvalue weighted by Gasteiger charge is 2.26. The van der Waals surface area contributed by atoms with Crippen molar-refractivity contribution in [2.75, 3.05) is 18.4 Å². The molecule has 0 radical (unpaired) electrons. The predicted octanol–water partition coefficient (Wildman–Crippen LogP) is 4.93. The Labute approximate surface area is 286 Å². The molecule has 0 unspecified atom stereocenters. The highest BCUT2D eigenvalue weighted by atomic mass is 32.2. The van der Waals surface area contributed by atoms with Crippen LogP contribution in [0, 0.1) is 17.1 Å². The van der Waals surface area contributed by atoms with Gasteiger partial charge >= 0.3 is 0 Å². The molecule has 1 fully saturated rings. The Hall–Kier alpha value is -5.35. The van der Waals surface area contributed by atoms with Gasteiger partial charge in [-0.3, -0.25) is 14.2 Å². The van der Waals surface area contributed by atoms with Gasteiger partial charge in [-0.25, -0.2) is 12.8 Å². The van der Waals surface area contributed by atoms with E-state index in [1.165, 1.54) is 46.8 Å². The molecule has 4 aromatic carbocycles. The zero-order chi connectivity index (χ0) is 34.4. The molecule has 5 aromatic rings. The lowest BCUT2D eigenvalue weighted by atomic mass is 10.2. The number of anilines is 1. The van der Waals surface area contributed by atoms with Crippen molar-refractivity contribution in [2.24, 2.45) is 0 Å². The minimum absolute atomic E-state index is 0.0111. The number of nitriles is 1. The van der Waals surface area contributed by atoms with E-state index < -0.39 is 32.9 Å². The standard InChI is InChI=1S/C37H31FN4O5S2/c38-32-17-5-6-18-33(32)42-36(44)34(22-27-13-9-15-29(21-27)47-25-26-11-3-1-4-12-26)48-37(42)31(24-39)35(43)40-28-14-10-16-30(23-28)49(45,46)41-19-7-2-8-20-41/h1,3-6,9-18,21-23H,2,7-8,19-20,25H2,(H,40,43). The second-order valence-corrected chi connectivity index (χ2v) is 14.3. The lowest BCUT2D eigenvalue weighted by Gasteiger charge is -2.26. The van der Waals surface area contributed by atoms with Crippen molar-refractivity contribution in [3.8, 4) is 17.5 Å². The Balaban J connectivity index is 1.39. The van der Waals surface area contributed by atoms with Gasteiger partial charge in [0, 0.05) is 18.8 Å². The fourth-order valence-corrected chi connectivity index (χ4v) is 8.12. The minimum Gasteiger partial charge on any atom is -0.489 e. The zero-order valence-electron chi connectivity index (χ0n) is 26.2. The number of hydrogen-bond acceptors (Lipinski definition) is 7. The number of rotatable bonds is 9. The van der Waals surface area contributed by atoms with Gasteiger partial charge in [0.25, 0.3) is 11.5 Å². The summed E-state index contributed by atoms with van der Waals surface area (Å²) >= 11 is 0.863. The van der Waals surface area contributed by atoms with Crippen LogP contribution in [0.15, 0.2) is 113 Å². The van der Waals surface area contributed by atoms with Crippen molar-refractivity contribution in [3.05, 3.63) is 140 Å². The first-order valence-corrected chi connectivity index (χ1v) is 17.8. The molecule has 0 aliphatic carbocycles. The van der Waals surface area contributed by atoms with Gasteiger partial charge in [0.1, 0.15) is 28.9 Å². The van der Waals surface area contributed by atoms with Gasteiger partial charge in [-0.15, -0.1) is 11.3 Å². The third kappa shape index (κ3) is 7.54. The SMILES string of the molecule is N#CC(C(=O)Nc1cccc(S(=O)(=O)N2CCCCC2)c1)=c1sc(=Cc2cccc(OCc3ccccc3)c2)c(=O)n1-c1ccccc1F. The third-order valence-electron chi connectivity index (χ3n) is 7.92. The van der Waals surface area contributed by atoms with Crippen LogP contribution >= 0.6 is 11.3 Å². The van der Waals surface area contributed by atoms with Crippen molar-refractivity contribution in [1.82, 2.24) is 8.87 Å². The van der Waals surface area contributed by atoms with Crippen LogP contribution in [0.2, 0.25) is 0 Å². The maximum absolute atomic E-state index is 15.1. The molecule has 1 amide bonds. The van der Waals surface area contributed by atoms with Crippen molar-refractivity contribution >= 4 is 44.6 Å². The van der Waals surface area contributed by atoms with Gasteiger partial charge in [0.15, 0.2) is 5.57 Å². The number of carbonyl (C=O) groups excluding carboxylic acids is 1. The van der Waals surface area contributed by atoms with Crippen LogP contribution in [0.1, 0.15) is 30.4 Å². The molecule has 0 spiro atoms. The highest BCUT2D eigenvalue weighted by molar-refractivity contribution is 7.89. The lowest BCUT2D eigenvalue weighted by molar-refractivity contribution is -0.111. The number of amides is 1. The summed E-state index contributed by atoms with van der Waals surface area (Å²) in [6, 6.07) is 30.0. The number of sulfonamides is 1. The number of benzene rings is 4. The van der Waals surface area contributed by atoms with E-state index in [0.29, 0.717) is 31.0 Å². The van der Waals surface area contributed by atoms with Gasteiger partial charge in [-0.05, 0) is 72.5 Å². The van der Waals surface area contributed by atoms with Crippen LogP contribution in [0.3, 0.4) is 0 Å². The molecule has 6 rings (SSSR count). The summed E-state index contributed by atoms with van der Waals surface area (Å²) < 4.78 is 50.1. The summed E-state index contributed by atoms with van der Waals surface area (Å²) in [6.45, 7) is 1.18. The second-order valence-electron chi connectivity index (χ2n) is 11.3. The lowest BCUT2D eigenvalue weighted by Crippen LogP contribution is -2.35. The van der Waals surface area contributed by atoms with Gasteiger partial charge in [-0.2, -0.15) is 9.57 Å². The molecule has 12 heteroatoms. The van der Waals surface area contributed by atoms with Crippen molar-refractivity contribution in [1.29, 1.82) is 5.26 Å². The molecule has 1 aromatic heterocycles. The number of nitrogens with zero attached hydrogens (tertiary/aromatic N) is 3. The Morgan fingerprint density at radius 2 is 1.67 bits per heavy atom. The van der Waals surface area contributed by atoms with Crippen LogP contribution in [-0.4, -0.2) is 36.3 Å². The number of hydrogen-bond donors (Lipinski definition) is 1. The largest absolute Gasteiger partial charge is 0.489 e. The zero-order valence-corrected chi connectivity index (χ0v) is 27.8. The molecule has 2 heterocycles. The number of nitrogens with one attached hydrogen (secondary N) is 1. The van der Waals surface area contributed by atoms with E-state index in [1.54, 1.807) is 36.4 Å². The van der Waals surface area contributed by atoms with Gasteiger partial charge < -0.3 is 10.1 Å². The van der Waals surface area contributed by atoms with E-state index in [0.717, 1.165) is 40.7 Å². The summed E-state index contributed by atoms with van der Waals surface area (Å²) in [5, 5.41) is 12.8. The van der Waals surface area contributed by atoms with Crippen LogP contribution in [0.25, 0.3) is 17.3 Å². The molecular weight excluding hydrogens is 664 g/mol. The first kappa shape index (κ1) is 33.5. The number of halogens is 1. The summed E-state index contributed by atoms with van der Waals surface area (Å²) in [5.74, 6) is -1.04. The average Bonchev–Trinajstić information content (AvgIpc) is 3.43. The van der Waals surface area contributed by atoms with Crippen molar-refractivity contribution in [2.45, 2.75) is 30.8 Å². The fraction of sp³-hybridized carbons (Fsp3) is 0.162.